The quantitative estimate of drug-likeness (QED) is 0.607. The fraction of sp³-hybridized carbons (Fsp3) is 0.357. The van der Waals surface area contributed by atoms with E-state index in [4.69, 9.17) is 4.74 Å². The lowest BCUT2D eigenvalue weighted by molar-refractivity contribution is 0.0921. The Bertz CT molecular complexity index is 410. The van der Waals surface area contributed by atoms with Crippen LogP contribution in [-0.2, 0) is 0 Å². The molecule has 0 heterocycles. The van der Waals surface area contributed by atoms with Crippen molar-refractivity contribution in [3.05, 3.63) is 36.4 Å². The van der Waals surface area contributed by atoms with E-state index < -0.39 is 0 Å². The van der Waals surface area contributed by atoms with Crippen molar-refractivity contribution >= 4 is 5.78 Å². The number of rotatable bonds is 6. The zero-order valence-corrected chi connectivity index (χ0v) is 10.3. The number of allylic oxidation sites excluding steroid dienone is 1. The smallest absolute Gasteiger partial charge is 0.169 e. The van der Waals surface area contributed by atoms with Crippen molar-refractivity contribution in [3.8, 4) is 11.5 Å². The minimum Gasteiger partial charge on any atom is -0.507 e. The zero-order valence-electron chi connectivity index (χ0n) is 10.3. The van der Waals surface area contributed by atoms with E-state index >= 15 is 0 Å². The van der Waals surface area contributed by atoms with Crippen LogP contribution in [0.25, 0.3) is 0 Å². The molecule has 1 rings (SSSR count). The summed E-state index contributed by atoms with van der Waals surface area (Å²) in [5.74, 6) is 0.373. The van der Waals surface area contributed by atoms with E-state index in [0.717, 1.165) is 12.8 Å². The largest absolute Gasteiger partial charge is 0.507 e. The number of hydrogen-bond acceptors (Lipinski definition) is 3. The van der Waals surface area contributed by atoms with Crippen LogP contribution in [0.15, 0.2) is 30.9 Å². The number of phenols is 1. The van der Waals surface area contributed by atoms with Gasteiger partial charge in [0.05, 0.1) is 12.7 Å². The number of hydrogen-bond donors (Lipinski definition) is 1. The maximum absolute atomic E-state index is 12.1. The Labute approximate surface area is 102 Å². The Morgan fingerprint density at radius 1 is 1.59 bits per heavy atom. The average molecular weight is 234 g/mol. The monoisotopic (exact) mass is 234 g/mol. The second-order valence-electron chi connectivity index (χ2n) is 4.01. The Hall–Kier alpha value is -1.77. The average Bonchev–Trinajstić information content (AvgIpc) is 2.35. The lowest BCUT2D eigenvalue weighted by Crippen LogP contribution is -2.11. The van der Waals surface area contributed by atoms with Crippen LogP contribution in [-0.4, -0.2) is 18.0 Å². The van der Waals surface area contributed by atoms with E-state index in [-0.39, 0.29) is 17.5 Å². The summed E-state index contributed by atoms with van der Waals surface area (Å²) in [6, 6.07) is 4.68. The number of ether oxygens (including phenoxy) is 1. The van der Waals surface area contributed by atoms with Gasteiger partial charge >= 0.3 is 0 Å². The number of methoxy groups -OCH3 is 1. The molecule has 1 aromatic carbocycles. The lowest BCUT2D eigenvalue weighted by Gasteiger charge is -2.11. The summed E-state index contributed by atoms with van der Waals surface area (Å²) in [6.07, 6.45) is 3.31. The summed E-state index contributed by atoms with van der Waals surface area (Å²) in [7, 11) is 1.53. The minimum absolute atomic E-state index is 0.00116. The molecule has 1 unspecified atom stereocenters. The molecule has 17 heavy (non-hydrogen) atoms. The molecular formula is C14H18O3. The number of phenolic OH excluding ortho intramolecular Hbond substituents is 1. The first-order valence-electron chi connectivity index (χ1n) is 5.62. The SMILES string of the molecule is C=CCCC(C)C(=O)c1cc(OC)ccc1O. The summed E-state index contributed by atoms with van der Waals surface area (Å²) in [6.45, 7) is 5.48. The van der Waals surface area contributed by atoms with Gasteiger partial charge in [-0.1, -0.05) is 13.0 Å². The molecule has 0 aliphatic carbocycles. The molecule has 3 nitrogen and oxygen atoms in total. The van der Waals surface area contributed by atoms with E-state index in [9.17, 15) is 9.90 Å². The zero-order chi connectivity index (χ0) is 12.8. The number of benzene rings is 1. The first-order chi connectivity index (χ1) is 8.10. The van der Waals surface area contributed by atoms with Crippen molar-refractivity contribution in [3.63, 3.8) is 0 Å². The first-order valence-corrected chi connectivity index (χ1v) is 5.62. The summed E-state index contributed by atoms with van der Waals surface area (Å²) < 4.78 is 5.04. The van der Waals surface area contributed by atoms with Gasteiger partial charge in [-0.3, -0.25) is 4.79 Å². The van der Waals surface area contributed by atoms with Crippen LogP contribution >= 0.6 is 0 Å². The predicted molar refractivity (Wildman–Crippen MR) is 67.6 cm³/mol. The second kappa shape index (κ2) is 6.09. The van der Waals surface area contributed by atoms with Crippen LogP contribution < -0.4 is 4.74 Å². The molecule has 0 aromatic heterocycles. The summed E-state index contributed by atoms with van der Waals surface area (Å²) in [4.78, 5) is 12.1. The molecule has 1 aromatic rings. The van der Waals surface area contributed by atoms with E-state index in [1.54, 1.807) is 18.2 Å². The first kappa shape index (κ1) is 13.3. The Kier molecular flexibility index (Phi) is 4.76. The van der Waals surface area contributed by atoms with Crippen molar-refractivity contribution in [2.24, 2.45) is 5.92 Å². The molecule has 0 aliphatic rings. The predicted octanol–water partition coefficient (Wildman–Crippen LogP) is 3.19. The summed E-state index contributed by atoms with van der Waals surface area (Å²) in [5.41, 5.74) is 0.320. The molecule has 0 amide bonds. The van der Waals surface area contributed by atoms with Gasteiger partial charge in [-0.15, -0.1) is 6.58 Å². The molecule has 0 fully saturated rings. The highest BCUT2D eigenvalue weighted by molar-refractivity contribution is 6.00. The number of ketones is 1. The number of carbonyl (C=O) groups excluding carboxylic acids is 1. The molecule has 0 bridgehead atoms. The highest BCUT2D eigenvalue weighted by Gasteiger charge is 2.18. The molecule has 0 aliphatic heterocycles. The number of aromatic hydroxyl groups is 1. The Morgan fingerprint density at radius 2 is 2.29 bits per heavy atom. The number of carbonyl (C=O) groups is 1. The molecule has 0 saturated carbocycles. The highest BCUT2D eigenvalue weighted by atomic mass is 16.5. The maximum Gasteiger partial charge on any atom is 0.169 e. The fourth-order valence-electron chi connectivity index (χ4n) is 1.60. The van der Waals surface area contributed by atoms with Crippen LogP contribution in [0.1, 0.15) is 30.1 Å². The van der Waals surface area contributed by atoms with Gasteiger partial charge in [0.1, 0.15) is 11.5 Å². The fourth-order valence-corrected chi connectivity index (χ4v) is 1.60. The van der Waals surface area contributed by atoms with Crippen LogP contribution in [0.3, 0.4) is 0 Å². The molecule has 3 heteroatoms. The van der Waals surface area contributed by atoms with Crippen LogP contribution in [0.4, 0.5) is 0 Å². The summed E-state index contributed by atoms with van der Waals surface area (Å²) in [5, 5.41) is 9.68. The van der Waals surface area contributed by atoms with E-state index in [2.05, 4.69) is 6.58 Å². The van der Waals surface area contributed by atoms with Gasteiger partial charge in [-0.2, -0.15) is 0 Å². The topological polar surface area (TPSA) is 46.5 Å². The van der Waals surface area contributed by atoms with Gasteiger partial charge in [-0.05, 0) is 31.0 Å². The third-order valence-electron chi connectivity index (χ3n) is 2.72. The van der Waals surface area contributed by atoms with Gasteiger partial charge in [0, 0.05) is 5.92 Å². The molecule has 1 N–H and O–H groups in total. The van der Waals surface area contributed by atoms with Crippen LogP contribution in [0.2, 0.25) is 0 Å². The normalized spacial score (nSPS) is 11.9. The lowest BCUT2D eigenvalue weighted by atomic mass is 9.94. The van der Waals surface area contributed by atoms with Crippen molar-refractivity contribution < 1.29 is 14.6 Å². The Morgan fingerprint density at radius 3 is 2.88 bits per heavy atom. The van der Waals surface area contributed by atoms with Crippen molar-refractivity contribution in [1.82, 2.24) is 0 Å². The summed E-state index contributed by atoms with van der Waals surface area (Å²) >= 11 is 0. The highest BCUT2D eigenvalue weighted by Crippen LogP contribution is 2.26. The molecule has 1 atom stereocenters. The molecule has 0 saturated heterocycles. The van der Waals surface area contributed by atoms with Gasteiger partial charge in [-0.25, -0.2) is 0 Å². The standard InChI is InChI=1S/C14H18O3/c1-4-5-6-10(2)14(16)12-9-11(17-3)7-8-13(12)15/h4,7-10,15H,1,5-6H2,2-3H3. The second-order valence-corrected chi connectivity index (χ2v) is 4.01. The molecule has 0 spiro atoms. The van der Waals surface area contributed by atoms with Gasteiger partial charge < -0.3 is 9.84 Å². The van der Waals surface area contributed by atoms with Crippen molar-refractivity contribution in [2.45, 2.75) is 19.8 Å². The maximum atomic E-state index is 12.1. The number of Topliss-reactive ketones (excluding diaryl/α,β-unsaturated/α-hetero) is 1. The Balaban J connectivity index is 2.90. The van der Waals surface area contributed by atoms with E-state index in [1.165, 1.54) is 13.2 Å². The third kappa shape index (κ3) is 3.34. The molecule has 92 valence electrons. The minimum atomic E-state index is -0.133. The van der Waals surface area contributed by atoms with E-state index in [1.807, 2.05) is 6.92 Å². The van der Waals surface area contributed by atoms with Gasteiger partial charge in [0.15, 0.2) is 5.78 Å². The van der Waals surface area contributed by atoms with E-state index in [0.29, 0.717) is 11.3 Å². The molecular weight excluding hydrogens is 216 g/mol. The molecule has 0 radical (unpaired) electrons. The van der Waals surface area contributed by atoms with Crippen molar-refractivity contribution in [1.29, 1.82) is 0 Å². The van der Waals surface area contributed by atoms with Crippen molar-refractivity contribution in [2.75, 3.05) is 7.11 Å². The third-order valence-corrected chi connectivity index (χ3v) is 2.72. The van der Waals surface area contributed by atoms with Gasteiger partial charge in [0.25, 0.3) is 0 Å². The van der Waals surface area contributed by atoms with Crippen LogP contribution in [0.5, 0.6) is 11.5 Å². The van der Waals surface area contributed by atoms with Gasteiger partial charge in [0.2, 0.25) is 0 Å². The van der Waals surface area contributed by atoms with Crippen LogP contribution in [0, 0.1) is 5.92 Å².